The Balaban J connectivity index is 1.89. The van der Waals surface area contributed by atoms with Crippen molar-refractivity contribution in [2.75, 3.05) is 11.6 Å². The Kier molecular flexibility index (Phi) is 6.78. The van der Waals surface area contributed by atoms with Crippen LogP contribution in [0.1, 0.15) is 11.1 Å². The number of pyridine rings is 1. The second kappa shape index (κ2) is 9.69. The van der Waals surface area contributed by atoms with Crippen LogP contribution in [-0.2, 0) is 11.0 Å². The molecule has 0 spiro atoms. The van der Waals surface area contributed by atoms with Crippen LogP contribution in [0.5, 0.6) is 5.75 Å². The Bertz CT molecular complexity index is 1140. The normalized spacial score (nSPS) is 11.3. The second-order valence-corrected chi connectivity index (χ2v) is 6.28. The number of alkyl halides is 3. The van der Waals surface area contributed by atoms with Gasteiger partial charge in [-0.2, -0.15) is 23.3 Å². The Morgan fingerprint density at radius 3 is 2.56 bits per heavy atom. The van der Waals surface area contributed by atoms with Crippen LogP contribution in [0, 0.1) is 10.1 Å². The number of rotatable bonds is 7. The zero-order chi connectivity index (χ0) is 23.1. The summed E-state index contributed by atoms with van der Waals surface area (Å²) < 4.78 is 44.6. The maximum absolute atomic E-state index is 13.1. The Morgan fingerprint density at radius 1 is 1.12 bits per heavy atom. The highest BCUT2D eigenvalue weighted by molar-refractivity contribution is 5.96. The summed E-state index contributed by atoms with van der Waals surface area (Å²) in [5.41, 5.74) is -0.520. The van der Waals surface area contributed by atoms with Gasteiger partial charge < -0.3 is 14.9 Å². The van der Waals surface area contributed by atoms with Crippen molar-refractivity contribution in [3.8, 4) is 5.75 Å². The van der Waals surface area contributed by atoms with E-state index in [0.717, 1.165) is 23.2 Å². The van der Waals surface area contributed by atoms with Crippen molar-refractivity contribution in [2.45, 2.75) is 6.18 Å². The van der Waals surface area contributed by atoms with Crippen LogP contribution < -0.4 is 9.75 Å². The molecule has 8 nitrogen and oxygen atoms in total. The number of carbonyl (C=O) groups excluding carboxylic acids is 1. The van der Waals surface area contributed by atoms with Gasteiger partial charge in [-0.3, -0.25) is 4.79 Å². The van der Waals surface area contributed by atoms with Crippen molar-refractivity contribution in [1.82, 2.24) is 4.98 Å². The molecule has 0 aliphatic rings. The van der Waals surface area contributed by atoms with E-state index in [1.807, 2.05) is 0 Å². The Labute approximate surface area is 179 Å². The van der Waals surface area contributed by atoms with Gasteiger partial charge in [0.05, 0.1) is 17.5 Å². The molecule has 0 bridgehead atoms. The number of anilines is 1. The van der Waals surface area contributed by atoms with Gasteiger partial charge in [-0.15, -0.1) is 0 Å². The summed E-state index contributed by atoms with van der Waals surface area (Å²) in [7, 11) is 0. The molecule has 3 aromatic rings. The predicted molar refractivity (Wildman–Crippen MR) is 109 cm³/mol. The van der Waals surface area contributed by atoms with E-state index in [9.17, 15) is 28.1 Å². The number of nitrogens with zero attached hydrogens (tertiary/aromatic N) is 4. The van der Waals surface area contributed by atoms with Gasteiger partial charge in [-0.25, -0.2) is 0 Å². The van der Waals surface area contributed by atoms with Gasteiger partial charge in [0.2, 0.25) is 5.75 Å². The van der Waals surface area contributed by atoms with Crippen LogP contribution in [0.2, 0.25) is 0 Å². The quantitative estimate of drug-likeness (QED) is 0.305. The lowest BCUT2D eigenvalue weighted by Gasteiger charge is -2.19. The van der Waals surface area contributed by atoms with Crippen LogP contribution in [-0.4, -0.2) is 28.6 Å². The zero-order valence-corrected chi connectivity index (χ0v) is 16.3. The fourth-order valence-electron chi connectivity index (χ4n) is 2.59. The lowest BCUT2D eigenvalue weighted by molar-refractivity contribution is -0.390. The molecular formula is C21H15F3N4O4. The number of benzene rings is 2. The van der Waals surface area contributed by atoms with E-state index < -0.39 is 35.0 Å². The minimum Gasteiger partial charge on any atom is -0.475 e. The predicted octanol–water partition coefficient (Wildman–Crippen LogP) is 4.45. The molecule has 0 saturated heterocycles. The van der Waals surface area contributed by atoms with Crippen molar-refractivity contribution >= 4 is 23.6 Å². The van der Waals surface area contributed by atoms with Crippen LogP contribution >= 0.6 is 0 Å². The summed E-state index contributed by atoms with van der Waals surface area (Å²) in [5, 5.41) is 15.8. The fraction of sp³-hybridized carbons (Fsp3) is 0.0952. The third kappa shape index (κ3) is 5.65. The maximum Gasteiger partial charge on any atom is 0.416 e. The maximum atomic E-state index is 13.1. The number of amides is 1. The topological polar surface area (TPSA) is 97.9 Å². The number of carbonyl (C=O) groups is 1. The molecule has 164 valence electrons. The molecule has 0 aliphatic heterocycles. The smallest absolute Gasteiger partial charge is 0.416 e. The molecule has 1 amide bonds. The van der Waals surface area contributed by atoms with Gasteiger partial charge in [0.15, 0.2) is 6.61 Å². The molecule has 0 fully saturated rings. The van der Waals surface area contributed by atoms with Crippen LogP contribution in [0.25, 0.3) is 0 Å². The zero-order valence-electron chi connectivity index (χ0n) is 16.3. The van der Waals surface area contributed by atoms with Crippen LogP contribution in [0.15, 0.2) is 78.0 Å². The summed E-state index contributed by atoms with van der Waals surface area (Å²) in [6, 6.07) is 15.3. The summed E-state index contributed by atoms with van der Waals surface area (Å²) >= 11 is 0. The molecule has 0 aliphatic carbocycles. The highest BCUT2D eigenvalue weighted by atomic mass is 19.4. The molecule has 3 rings (SSSR count). The van der Waals surface area contributed by atoms with Gasteiger partial charge in [0.1, 0.15) is 6.20 Å². The molecule has 1 aromatic heterocycles. The van der Waals surface area contributed by atoms with Crippen molar-refractivity contribution < 1.29 is 27.6 Å². The van der Waals surface area contributed by atoms with E-state index in [4.69, 9.17) is 4.74 Å². The first-order valence-corrected chi connectivity index (χ1v) is 9.07. The SMILES string of the molecule is O=C(COc1cccnc1[N+](=O)[O-])N(/N=C\c1ccccc1)c1cccc(C(F)(F)F)c1. The number of halogens is 3. The minimum absolute atomic E-state index is 0.152. The van der Waals surface area contributed by atoms with E-state index in [-0.39, 0.29) is 11.4 Å². The highest BCUT2D eigenvalue weighted by Crippen LogP contribution is 2.32. The number of hydrazone groups is 1. The second-order valence-electron chi connectivity index (χ2n) is 6.28. The lowest BCUT2D eigenvalue weighted by Crippen LogP contribution is -2.31. The molecular weight excluding hydrogens is 429 g/mol. The first-order chi connectivity index (χ1) is 15.3. The summed E-state index contributed by atoms with van der Waals surface area (Å²) in [6.45, 7) is -0.727. The number of hydrogen-bond donors (Lipinski definition) is 0. The van der Waals surface area contributed by atoms with E-state index in [0.29, 0.717) is 5.56 Å². The van der Waals surface area contributed by atoms with Gasteiger partial charge in [-0.1, -0.05) is 36.4 Å². The number of hydrogen-bond acceptors (Lipinski definition) is 6. The van der Waals surface area contributed by atoms with E-state index >= 15 is 0 Å². The average Bonchev–Trinajstić information content (AvgIpc) is 2.78. The Morgan fingerprint density at radius 2 is 1.88 bits per heavy atom. The van der Waals surface area contributed by atoms with Gasteiger partial charge in [0, 0.05) is 0 Å². The highest BCUT2D eigenvalue weighted by Gasteiger charge is 2.31. The number of ether oxygens (including phenoxy) is 1. The fourth-order valence-corrected chi connectivity index (χ4v) is 2.59. The van der Waals surface area contributed by atoms with Crippen LogP contribution in [0.3, 0.4) is 0 Å². The largest absolute Gasteiger partial charge is 0.475 e. The third-order valence-corrected chi connectivity index (χ3v) is 4.05. The summed E-state index contributed by atoms with van der Waals surface area (Å²) in [4.78, 5) is 26.6. The van der Waals surface area contributed by atoms with E-state index in [2.05, 4.69) is 10.1 Å². The van der Waals surface area contributed by atoms with Crippen molar-refractivity contribution in [2.24, 2.45) is 5.10 Å². The van der Waals surface area contributed by atoms with Crippen LogP contribution in [0.4, 0.5) is 24.7 Å². The van der Waals surface area contributed by atoms with Gasteiger partial charge in [-0.05, 0) is 45.8 Å². The van der Waals surface area contributed by atoms with E-state index in [1.54, 1.807) is 30.3 Å². The monoisotopic (exact) mass is 444 g/mol. The average molecular weight is 444 g/mol. The standard InChI is InChI=1S/C21H15F3N4O4/c22-21(23,24)16-8-4-9-17(12-16)27(26-13-15-6-2-1-3-7-15)19(29)14-32-18-10-5-11-25-20(18)28(30)31/h1-13H,14H2/b26-13-. The summed E-state index contributed by atoms with van der Waals surface area (Å²) in [5.74, 6) is -1.71. The lowest BCUT2D eigenvalue weighted by atomic mass is 10.2. The van der Waals surface area contributed by atoms with Crippen molar-refractivity contribution in [1.29, 1.82) is 0 Å². The molecule has 0 unspecified atom stereocenters. The molecule has 1 heterocycles. The third-order valence-electron chi connectivity index (χ3n) is 4.05. The molecule has 11 heteroatoms. The first kappa shape index (κ1) is 22.4. The van der Waals surface area contributed by atoms with Crippen molar-refractivity contribution in [3.63, 3.8) is 0 Å². The number of nitro groups is 1. The summed E-state index contributed by atoms with van der Waals surface area (Å²) in [6.07, 6.45) is -2.14. The molecule has 0 atom stereocenters. The minimum atomic E-state index is -4.62. The first-order valence-electron chi connectivity index (χ1n) is 9.07. The molecule has 0 saturated carbocycles. The van der Waals surface area contributed by atoms with Gasteiger partial charge >= 0.3 is 12.0 Å². The van der Waals surface area contributed by atoms with Gasteiger partial charge in [0.25, 0.3) is 5.91 Å². The Hall–Kier alpha value is -4.28. The number of aromatic nitrogens is 1. The molecule has 32 heavy (non-hydrogen) atoms. The van der Waals surface area contributed by atoms with E-state index in [1.165, 1.54) is 30.6 Å². The molecule has 0 N–H and O–H groups in total. The van der Waals surface area contributed by atoms with Crippen molar-refractivity contribution in [3.05, 3.63) is 94.2 Å². The molecule has 2 aromatic carbocycles. The molecule has 0 radical (unpaired) electrons.